The number of nitrogens with zero attached hydrogens (tertiary/aromatic N) is 5. The SMILES string of the molecule is CC[C@H]1Cc2c(nn(C)c2-c2cc(F)c(F)c(F)c2)[C@@H](CC)N1C(=O)c1ccc2nc(C)cn2c1. The van der Waals surface area contributed by atoms with Crippen LogP contribution >= 0.6 is 0 Å². The first kappa shape index (κ1) is 23.1. The van der Waals surface area contributed by atoms with Gasteiger partial charge in [0.1, 0.15) is 5.65 Å². The zero-order valence-corrected chi connectivity index (χ0v) is 20.0. The summed E-state index contributed by atoms with van der Waals surface area (Å²) in [5.41, 5.74) is 4.49. The Bertz CT molecular complexity index is 1430. The quantitative estimate of drug-likeness (QED) is 0.368. The Morgan fingerprint density at radius 1 is 1.09 bits per heavy atom. The van der Waals surface area contributed by atoms with Crippen LogP contribution in [0.3, 0.4) is 0 Å². The van der Waals surface area contributed by atoms with E-state index in [0.717, 1.165) is 29.0 Å². The van der Waals surface area contributed by atoms with E-state index in [1.165, 1.54) is 0 Å². The zero-order chi connectivity index (χ0) is 25.0. The number of fused-ring (bicyclic) bond motifs is 2. The van der Waals surface area contributed by atoms with Gasteiger partial charge in [-0.2, -0.15) is 5.10 Å². The monoisotopic (exact) mass is 481 g/mol. The molecule has 0 N–H and O–H groups in total. The minimum Gasteiger partial charge on any atom is -0.327 e. The van der Waals surface area contributed by atoms with Gasteiger partial charge in [0, 0.05) is 36.6 Å². The molecule has 3 aromatic heterocycles. The van der Waals surface area contributed by atoms with Gasteiger partial charge in [0.15, 0.2) is 17.5 Å². The van der Waals surface area contributed by atoms with E-state index in [1.807, 2.05) is 42.3 Å². The summed E-state index contributed by atoms with van der Waals surface area (Å²) in [6, 6.07) is 5.15. The molecule has 4 aromatic rings. The molecule has 0 saturated carbocycles. The van der Waals surface area contributed by atoms with Gasteiger partial charge in [-0.15, -0.1) is 0 Å². The fourth-order valence-electron chi connectivity index (χ4n) is 5.26. The van der Waals surface area contributed by atoms with Crippen molar-refractivity contribution < 1.29 is 18.0 Å². The van der Waals surface area contributed by atoms with Crippen molar-refractivity contribution >= 4 is 11.6 Å². The number of aryl methyl sites for hydroxylation is 2. The van der Waals surface area contributed by atoms with E-state index in [1.54, 1.807) is 24.0 Å². The van der Waals surface area contributed by atoms with E-state index in [0.29, 0.717) is 36.2 Å². The van der Waals surface area contributed by atoms with Gasteiger partial charge in [-0.1, -0.05) is 13.8 Å². The van der Waals surface area contributed by atoms with Gasteiger partial charge < -0.3 is 9.30 Å². The Balaban J connectivity index is 1.60. The number of halogens is 3. The first-order chi connectivity index (χ1) is 16.7. The minimum atomic E-state index is -1.50. The molecule has 35 heavy (non-hydrogen) atoms. The highest BCUT2D eigenvalue weighted by molar-refractivity contribution is 5.95. The molecule has 0 fully saturated rings. The molecule has 0 aliphatic carbocycles. The molecule has 0 unspecified atom stereocenters. The largest absolute Gasteiger partial charge is 0.327 e. The van der Waals surface area contributed by atoms with Gasteiger partial charge in [-0.3, -0.25) is 9.48 Å². The average Bonchev–Trinajstić information content (AvgIpc) is 3.37. The van der Waals surface area contributed by atoms with Gasteiger partial charge in [0.25, 0.3) is 5.91 Å². The highest BCUT2D eigenvalue weighted by atomic mass is 19.2. The second kappa shape index (κ2) is 8.55. The summed E-state index contributed by atoms with van der Waals surface area (Å²) in [6.07, 6.45) is 5.45. The highest BCUT2D eigenvalue weighted by Crippen LogP contribution is 2.41. The van der Waals surface area contributed by atoms with Crippen molar-refractivity contribution in [1.29, 1.82) is 0 Å². The van der Waals surface area contributed by atoms with Crippen molar-refractivity contribution in [3.8, 4) is 11.3 Å². The van der Waals surface area contributed by atoms with Crippen LogP contribution in [0, 0.1) is 24.4 Å². The molecule has 0 spiro atoms. The van der Waals surface area contributed by atoms with Crippen molar-refractivity contribution in [3.63, 3.8) is 0 Å². The van der Waals surface area contributed by atoms with Crippen LogP contribution in [0.4, 0.5) is 13.2 Å². The maximum Gasteiger partial charge on any atom is 0.256 e. The van der Waals surface area contributed by atoms with Gasteiger partial charge in [0.2, 0.25) is 0 Å². The number of aromatic nitrogens is 4. The molecule has 2 atom stereocenters. The first-order valence-corrected chi connectivity index (χ1v) is 11.7. The third-order valence-corrected chi connectivity index (χ3v) is 6.83. The summed E-state index contributed by atoms with van der Waals surface area (Å²) >= 11 is 0. The lowest BCUT2D eigenvalue weighted by atomic mass is 9.87. The van der Waals surface area contributed by atoms with Crippen LogP contribution in [-0.2, 0) is 13.5 Å². The third kappa shape index (κ3) is 3.69. The van der Waals surface area contributed by atoms with Gasteiger partial charge >= 0.3 is 0 Å². The Hall–Kier alpha value is -3.62. The van der Waals surface area contributed by atoms with Crippen molar-refractivity contribution in [1.82, 2.24) is 24.1 Å². The second-order valence-corrected chi connectivity index (χ2v) is 9.06. The molecular weight excluding hydrogens is 455 g/mol. The van der Waals surface area contributed by atoms with Gasteiger partial charge in [-0.05, 0) is 50.5 Å². The maximum absolute atomic E-state index is 14.0. The predicted octanol–water partition coefficient (Wildman–Crippen LogP) is 5.39. The topological polar surface area (TPSA) is 55.4 Å². The molecule has 1 aromatic carbocycles. The van der Waals surface area contributed by atoms with E-state index in [-0.39, 0.29) is 23.6 Å². The maximum atomic E-state index is 14.0. The van der Waals surface area contributed by atoms with Crippen LogP contribution in [0.25, 0.3) is 16.9 Å². The molecule has 0 bridgehead atoms. The van der Waals surface area contributed by atoms with Crippen LogP contribution in [0.2, 0.25) is 0 Å². The Morgan fingerprint density at radius 2 is 1.80 bits per heavy atom. The number of carbonyl (C=O) groups is 1. The van der Waals surface area contributed by atoms with Crippen molar-refractivity contribution in [2.24, 2.45) is 7.05 Å². The summed E-state index contributed by atoms with van der Waals surface area (Å²) < 4.78 is 45.1. The normalized spacial score (nSPS) is 17.7. The molecule has 4 heterocycles. The highest BCUT2D eigenvalue weighted by Gasteiger charge is 2.40. The number of benzene rings is 1. The number of hydrogen-bond acceptors (Lipinski definition) is 3. The molecule has 1 aliphatic rings. The zero-order valence-electron chi connectivity index (χ0n) is 20.0. The Labute approximate surface area is 201 Å². The number of rotatable bonds is 4. The standard InChI is InChI=1S/C26H26F3N5O/c1-5-17-11-18-24(31-32(4)25(18)16-9-19(27)23(29)20(28)10-16)21(6-2)34(17)26(35)15-7-8-22-30-14(3)12-33(22)13-15/h7-10,12-13,17,21H,5-6,11H2,1-4H3/t17-,21+/m0/s1. The Kier molecular flexibility index (Phi) is 5.65. The Morgan fingerprint density at radius 3 is 2.46 bits per heavy atom. The lowest BCUT2D eigenvalue weighted by Crippen LogP contribution is -2.47. The molecule has 1 aliphatic heterocycles. The first-order valence-electron chi connectivity index (χ1n) is 11.7. The van der Waals surface area contributed by atoms with Crippen LogP contribution in [-0.4, -0.2) is 36.0 Å². The van der Waals surface area contributed by atoms with Gasteiger partial charge in [-0.25, -0.2) is 18.2 Å². The van der Waals surface area contributed by atoms with E-state index >= 15 is 0 Å². The fourth-order valence-corrected chi connectivity index (χ4v) is 5.26. The predicted molar refractivity (Wildman–Crippen MR) is 125 cm³/mol. The average molecular weight is 482 g/mol. The molecule has 6 nitrogen and oxygen atoms in total. The number of pyridine rings is 1. The number of carbonyl (C=O) groups excluding carboxylic acids is 1. The molecule has 182 valence electrons. The molecule has 9 heteroatoms. The smallest absolute Gasteiger partial charge is 0.256 e. The summed E-state index contributed by atoms with van der Waals surface area (Å²) in [7, 11) is 1.70. The van der Waals surface area contributed by atoms with Crippen LogP contribution < -0.4 is 0 Å². The summed E-state index contributed by atoms with van der Waals surface area (Å²) in [5, 5.41) is 4.68. The molecule has 0 radical (unpaired) electrons. The summed E-state index contributed by atoms with van der Waals surface area (Å²) in [5.74, 6) is -4.09. The minimum absolute atomic E-state index is 0.103. The number of amides is 1. The molecule has 5 rings (SSSR count). The van der Waals surface area contributed by atoms with E-state index in [2.05, 4.69) is 10.1 Å². The lowest BCUT2D eigenvalue weighted by molar-refractivity contribution is 0.0512. The molecule has 0 saturated heterocycles. The van der Waals surface area contributed by atoms with E-state index < -0.39 is 17.5 Å². The van der Waals surface area contributed by atoms with E-state index in [4.69, 9.17) is 0 Å². The van der Waals surface area contributed by atoms with Crippen molar-refractivity contribution in [3.05, 3.63) is 76.6 Å². The number of hydrogen-bond donors (Lipinski definition) is 0. The number of imidazole rings is 1. The fraction of sp³-hybridized carbons (Fsp3) is 0.346. The molecule has 1 amide bonds. The lowest BCUT2D eigenvalue weighted by Gasteiger charge is -2.41. The van der Waals surface area contributed by atoms with Crippen molar-refractivity contribution in [2.75, 3.05) is 0 Å². The molecular formula is C26H26F3N5O. The van der Waals surface area contributed by atoms with E-state index in [9.17, 15) is 18.0 Å². The van der Waals surface area contributed by atoms with Crippen LogP contribution in [0.5, 0.6) is 0 Å². The summed E-state index contributed by atoms with van der Waals surface area (Å²) in [6.45, 7) is 5.90. The van der Waals surface area contributed by atoms with Gasteiger partial charge in [0.05, 0.1) is 28.7 Å². The summed E-state index contributed by atoms with van der Waals surface area (Å²) in [4.78, 5) is 20.1. The van der Waals surface area contributed by atoms with Crippen LogP contribution in [0.15, 0.2) is 36.7 Å². The second-order valence-electron chi connectivity index (χ2n) is 9.06. The van der Waals surface area contributed by atoms with Crippen molar-refractivity contribution in [2.45, 2.75) is 52.1 Å². The van der Waals surface area contributed by atoms with Crippen LogP contribution in [0.1, 0.15) is 60.0 Å². The third-order valence-electron chi connectivity index (χ3n) is 6.83.